The van der Waals surface area contributed by atoms with Crippen molar-refractivity contribution >= 4 is 129 Å². The molecule has 0 aromatic heterocycles. The van der Waals surface area contributed by atoms with Crippen LogP contribution in [0.2, 0.25) is 0 Å². The summed E-state index contributed by atoms with van der Waals surface area (Å²) in [5.74, 6) is -3.74. The van der Waals surface area contributed by atoms with Crippen LogP contribution < -0.4 is 43.5 Å². The molecule has 17 nitrogen and oxygen atoms in total. The molecule has 27 heteroatoms. The molecule has 0 spiro atoms. The molecule has 380 valence electrons. The molecule has 0 bridgehead atoms. The second-order valence-electron chi connectivity index (χ2n) is 16.3. The first-order valence-electron chi connectivity index (χ1n) is 20.5. The van der Waals surface area contributed by atoms with Gasteiger partial charge in [0.2, 0.25) is 11.8 Å². The third-order valence-corrected chi connectivity index (χ3v) is 11.6. The van der Waals surface area contributed by atoms with E-state index in [0.29, 0.717) is 38.9 Å². The maximum atomic E-state index is 15.0. The number of carbonyl (C=O) groups is 4. The minimum atomic E-state index is -2.80. The molecule has 4 heterocycles. The van der Waals surface area contributed by atoms with Gasteiger partial charge in [-0.15, -0.1) is 0 Å². The molecule has 2 aromatic rings. The fourth-order valence-corrected chi connectivity index (χ4v) is 9.07. The molecule has 0 aliphatic carbocycles. The second-order valence-corrected chi connectivity index (χ2v) is 35.2. The number of ether oxygens (including phenoxy) is 4. The van der Waals surface area contributed by atoms with E-state index in [0.717, 1.165) is 34.1 Å². The summed E-state index contributed by atoms with van der Waals surface area (Å²) < 4.78 is 98.2. The Kier molecular flexibility index (Phi) is 25.4. The number of rotatable bonds is 14. The van der Waals surface area contributed by atoms with Crippen LogP contribution in [0.1, 0.15) is 39.5 Å². The van der Waals surface area contributed by atoms with Gasteiger partial charge in [-0.2, -0.15) is 0 Å². The van der Waals surface area contributed by atoms with E-state index in [9.17, 15) is 37.6 Å². The molecule has 4 saturated heterocycles. The standard InChI is InChI=1S/C21H30F2N3O6P.C19H25F2N3O5.I3.I2/c1-14(27)24-11-16-12-26(20(28)31-16)15-9-17(22)19(18(23)10-15)25-7-5-21(6-8-25,13-30-2)32-33(3,4)29;1-12(25)22-9-14-10-24(18(26)29-14)13-7-15(20)17(16(21)8-13)23-5-3-19(27,4-6-23)11-28-2;1-3-2;1-2/h9-10,16H,5-8,11-13H2,1-4H3,(H,24,27);7-8,14,27H,3-6,9-11H2,1-2H3,(H,22,25);;/q;;-1;/t16-;14-;;/m00../s1. The van der Waals surface area contributed by atoms with Crippen LogP contribution in [-0.2, 0) is 37.6 Å². The van der Waals surface area contributed by atoms with Crippen LogP contribution in [0.4, 0.5) is 49.9 Å². The minimum absolute atomic E-state index is 0.0380. The van der Waals surface area contributed by atoms with Crippen LogP contribution in [0.25, 0.3) is 0 Å². The SMILES string of the molecule is COCC1(O)CCN(c2c(F)cc(N3C[C@H](CNC(C)=O)OC3=O)cc2F)CC1.COCC1(OP(C)(C)=O)CCN(c2c(F)cc(N3C[C@H](CNC(C)=O)OC3=O)cc2F)CC1.II.I[I-]I. The van der Waals surface area contributed by atoms with Crippen molar-refractivity contribution in [2.24, 2.45) is 0 Å². The molecule has 2 aromatic carbocycles. The number of benzene rings is 2. The van der Waals surface area contributed by atoms with Crippen LogP contribution in [0, 0.1) is 23.3 Å². The number of anilines is 4. The molecule has 6 rings (SSSR count). The Morgan fingerprint density at radius 2 is 1.09 bits per heavy atom. The Morgan fingerprint density at radius 1 is 0.746 bits per heavy atom. The summed E-state index contributed by atoms with van der Waals surface area (Å²) in [5.41, 5.74) is -2.07. The summed E-state index contributed by atoms with van der Waals surface area (Å²) in [6.07, 6.45) is -1.26. The average molecular weight is 1540 g/mol. The number of aliphatic hydroxyl groups is 1. The van der Waals surface area contributed by atoms with Gasteiger partial charge >= 0.3 is 62.7 Å². The van der Waals surface area contributed by atoms with Crippen LogP contribution in [0.5, 0.6) is 0 Å². The number of halogens is 9. The molecule has 0 unspecified atom stereocenters. The predicted molar refractivity (Wildman–Crippen MR) is 276 cm³/mol. The van der Waals surface area contributed by atoms with E-state index in [1.54, 1.807) is 9.80 Å². The van der Waals surface area contributed by atoms with E-state index in [1.807, 2.05) is 0 Å². The van der Waals surface area contributed by atoms with Gasteiger partial charge in [-0.3, -0.25) is 24.0 Å². The molecule has 4 amide bonds. The number of piperidine rings is 2. The molecule has 4 aliphatic rings. The molecule has 4 aliphatic heterocycles. The van der Waals surface area contributed by atoms with Gasteiger partial charge in [0.25, 0.3) is 0 Å². The molecule has 0 saturated carbocycles. The number of nitrogens with zero attached hydrogens (tertiary/aromatic N) is 4. The van der Waals surface area contributed by atoms with Crippen molar-refractivity contribution in [2.45, 2.75) is 62.9 Å². The third-order valence-electron chi connectivity index (χ3n) is 10.8. The van der Waals surface area contributed by atoms with Crippen molar-refractivity contribution in [3.8, 4) is 0 Å². The quantitative estimate of drug-likeness (QED) is 0.132. The van der Waals surface area contributed by atoms with Crippen molar-refractivity contribution < 1.29 is 83.1 Å². The van der Waals surface area contributed by atoms with E-state index in [2.05, 4.69) is 85.1 Å². The Labute approximate surface area is 440 Å². The van der Waals surface area contributed by atoms with Gasteiger partial charge in [-0.1, -0.05) is 0 Å². The number of nitrogens with one attached hydrogen (secondary N) is 2. The topological polar surface area (TPSA) is 189 Å². The summed E-state index contributed by atoms with van der Waals surface area (Å²) in [6.45, 7) is 7.61. The van der Waals surface area contributed by atoms with Crippen molar-refractivity contribution in [1.29, 1.82) is 0 Å². The van der Waals surface area contributed by atoms with Crippen molar-refractivity contribution in [1.82, 2.24) is 10.6 Å². The predicted octanol–water partition coefficient (Wildman–Crippen LogP) is 4.92. The molecule has 67 heavy (non-hydrogen) atoms. The first-order valence-corrected chi connectivity index (χ1v) is 41.8. The van der Waals surface area contributed by atoms with Gasteiger partial charge in [0, 0.05) is 129 Å². The summed E-state index contributed by atoms with van der Waals surface area (Å²) in [4.78, 5) is 51.7. The molecular weight excluding hydrogens is 1480 g/mol. The van der Waals surface area contributed by atoms with E-state index < -0.39 is 66.2 Å². The third kappa shape index (κ3) is 18.2. The average Bonchev–Trinajstić information content (AvgIpc) is 3.82. The first-order chi connectivity index (χ1) is 31.6. The van der Waals surface area contributed by atoms with Gasteiger partial charge < -0.3 is 49.0 Å². The fraction of sp³-hybridized carbons (Fsp3) is 0.600. The Morgan fingerprint density at radius 3 is 1.40 bits per heavy atom. The summed E-state index contributed by atoms with van der Waals surface area (Å²) in [6, 6.07) is 4.38. The Hall–Kier alpha value is -1.04. The van der Waals surface area contributed by atoms with Crippen molar-refractivity contribution in [3.63, 3.8) is 0 Å². The van der Waals surface area contributed by atoms with E-state index in [4.69, 9.17) is 23.5 Å². The van der Waals surface area contributed by atoms with Crippen LogP contribution in [0.15, 0.2) is 24.3 Å². The van der Waals surface area contributed by atoms with Crippen LogP contribution >= 0.6 is 81.8 Å². The number of carbonyl (C=O) groups excluding carboxylic acids is 4. The first kappa shape index (κ1) is 60.3. The summed E-state index contributed by atoms with van der Waals surface area (Å²) >= 11 is 9.54. The molecule has 3 N–H and O–H groups in total. The van der Waals surface area contributed by atoms with Crippen LogP contribution in [0.3, 0.4) is 0 Å². The van der Waals surface area contributed by atoms with E-state index >= 15 is 8.78 Å². The Bertz CT molecular complexity index is 2010. The number of hydrogen-bond donors (Lipinski definition) is 3. The number of amides is 4. The monoisotopic (exact) mass is 1540 g/mol. The van der Waals surface area contributed by atoms with Gasteiger partial charge in [0.15, 0.2) is 30.6 Å². The molecule has 0 radical (unpaired) electrons. The molecule has 4 fully saturated rings. The number of cyclic esters (lactones) is 2. The van der Waals surface area contributed by atoms with Crippen LogP contribution in [-0.4, -0.2) is 146 Å². The zero-order chi connectivity index (χ0) is 50.3. The number of methoxy groups -OCH3 is 2. The van der Waals surface area contributed by atoms with Gasteiger partial charge in [0.05, 0.1) is 56.4 Å². The van der Waals surface area contributed by atoms with Gasteiger partial charge in [-0.05, 0) is 25.7 Å². The zero-order valence-corrected chi connectivity index (χ0v) is 49.2. The number of hydrogen-bond acceptors (Lipinski definition) is 13. The van der Waals surface area contributed by atoms with E-state index in [-0.39, 0.29) is 100 Å². The second kappa shape index (κ2) is 28.3. The molecule has 2 atom stereocenters. The summed E-state index contributed by atoms with van der Waals surface area (Å²) in [7, 11) is 0.216. The summed E-state index contributed by atoms with van der Waals surface area (Å²) in [5, 5.41) is 15.5. The van der Waals surface area contributed by atoms with E-state index in [1.165, 1.54) is 41.4 Å². The van der Waals surface area contributed by atoms with Crippen molar-refractivity contribution in [3.05, 3.63) is 47.5 Å². The van der Waals surface area contributed by atoms with Crippen molar-refractivity contribution in [2.75, 3.05) is 113 Å². The normalized spacial score (nSPS) is 19.8. The molecular formula is C40H55F4I5N6O11P-. The van der Waals surface area contributed by atoms with Gasteiger partial charge in [-0.25, -0.2) is 27.2 Å². The zero-order valence-electron chi connectivity index (χ0n) is 37.5. The van der Waals surface area contributed by atoms with Gasteiger partial charge in [0.1, 0.15) is 29.2 Å². The maximum absolute atomic E-state index is 15.0. The Balaban J connectivity index is 0.000000326. The fourth-order valence-electron chi connectivity index (χ4n) is 7.90.